The number of thioether (sulfide) groups is 1. The van der Waals surface area contributed by atoms with Crippen LogP contribution in [0.3, 0.4) is 0 Å². The maximum atomic E-state index is 14.3. The minimum absolute atomic E-state index is 0.00436. The summed E-state index contributed by atoms with van der Waals surface area (Å²) < 4.78 is 27.6. The van der Waals surface area contributed by atoms with Crippen molar-refractivity contribution in [3.8, 4) is 0 Å². The van der Waals surface area contributed by atoms with Gasteiger partial charge in [0.05, 0.1) is 5.75 Å². The van der Waals surface area contributed by atoms with E-state index in [1.165, 1.54) is 23.9 Å². The minimum Gasteiger partial charge on any atom is -0.342 e. The van der Waals surface area contributed by atoms with E-state index in [-0.39, 0.29) is 23.8 Å². The molecule has 0 unspecified atom stereocenters. The first-order valence-electron chi connectivity index (χ1n) is 11.0. The third kappa shape index (κ3) is 6.31. The standard InChI is InChI=1S/C25H30F2N2O2S/c1-3-24(30)28(2)23(15-19-9-10-20(26)16-22(19)27)18-11-13-29(14-12-18)25(31)17-32-21-7-5-4-6-8-21/h4-10,16,18,23H,3,11-15,17H2,1-2H3/t23-/m1/s1. The van der Waals surface area contributed by atoms with Crippen LogP contribution in [0.2, 0.25) is 0 Å². The van der Waals surface area contributed by atoms with Crippen molar-refractivity contribution >= 4 is 23.6 Å². The monoisotopic (exact) mass is 460 g/mol. The van der Waals surface area contributed by atoms with E-state index in [1.54, 1.807) is 18.9 Å². The van der Waals surface area contributed by atoms with Gasteiger partial charge in [-0.05, 0) is 48.9 Å². The molecule has 1 fully saturated rings. The SMILES string of the molecule is CCC(=O)N(C)[C@H](Cc1ccc(F)cc1F)C1CCN(C(=O)CSc2ccccc2)CC1. The second-order valence-corrected chi connectivity index (χ2v) is 9.23. The van der Waals surface area contributed by atoms with Gasteiger partial charge in [-0.25, -0.2) is 8.78 Å². The van der Waals surface area contributed by atoms with Crippen LogP contribution >= 0.6 is 11.8 Å². The Morgan fingerprint density at radius 1 is 1.12 bits per heavy atom. The molecule has 1 aliphatic rings. The summed E-state index contributed by atoms with van der Waals surface area (Å²) in [5.41, 5.74) is 0.407. The predicted octanol–water partition coefficient (Wildman–Crippen LogP) is 4.78. The highest BCUT2D eigenvalue weighted by Gasteiger charge is 2.32. The molecule has 1 atom stereocenters. The van der Waals surface area contributed by atoms with Gasteiger partial charge in [0.2, 0.25) is 11.8 Å². The fourth-order valence-corrected chi connectivity index (χ4v) is 5.08. The van der Waals surface area contributed by atoms with Crippen LogP contribution in [0.5, 0.6) is 0 Å². The number of nitrogens with zero attached hydrogens (tertiary/aromatic N) is 2. The smallest absolute Gasteiger partial charge is 0.232 e. The van der Waals surface area contributed by atoms with E-state index in [0.29, 0.717) is 37.2 Å². The van der Waals surface area contributed by atoms with Crippen LogP contribution in [-0.2, 0) is 16.0 Å². The number of piperidine rings is 1. The van der Waals surface area contributed by atoms with Crippen LogP contribution in [0.25, 0.3) is 0 Å². The molecule has 0 saturated carbocycles. The van der Waals surface area contributed by atoms with Crippen molar-refractivity contribution in [3.63, 3.8) is 0 Å². The lowest BCUT2D eigenvalue weighted by Gasteiger charge is -2.40. The van der Waals surface area contributed by atoms with Gasteiger partial charge in [-0.2, -0.15) is 0 Å². The Morgan fingerprint density at radius 2 is 1.81 bits per heavy atom. The van der Waals surface area contributed by atoms with Gasteiger partial charge in [0, 0.05) is 43.6 Å². The summed E-state index contributed by atoms with van der Waals surface area (Å²) in [7, 11) is 1.76. The zero-order valence-corrected chi connectivity index (χ0v) is 19.4. The van der Waals surface area contributed by atoms with Crippen LogP contribution in [-0.4, -0.2) is 53.5 Å². The maximum Gasteiger partial charge on any atom is 0.232 e. The number of likely N-dealkylation sites (tertiary alicyclic amines) is 1. The molecule has 2 aromatic carbocycles. The van der Waals surface area contributed by atoms with Crippen LogP contribution in [0.4, 0.5) is 8.78 Å². The lowest BCUT2D eigenvalue weighted by molar-refractivity contribution is -0.135. The third-order valence-electron chi connectivity index (χ3n) is 6.18. The van der Waals surface area contributed by atoms with Gasteiger partial charge in [-0.3, -0.25) is 9.59 Å². The van der Waals surface area contributed by atoms with Crippen LogP contribution in [0.1, 0.15) is 31.7 Å². The number of amides is 2. The number of hydrogen-bond acceptors (Lipinski definition) is 3. The molecule has 172 valence electrons. The van der Waals surface area contributed by atoms with Gasteiger partial charge in [-0.15, -0.1) is 11.8 Å². The fourth-order valence-electron chi connectivity index (χ4n) is 4.25. The topological polar surface area (TPSA) is 40.6 Å². The first-order chi connectivity index (χ1) is 15.4. The van der Waals surface area contributed by atoms with Gasteiger partial charge >= 0.3 is 0 Å². The molecule has 7 heteroatoms. The van der Waals surface area contributed by atoms with Crippen LogP contribution in [0.15, 0.2) is 53.4 Å². The molecule has 0 aromatic heterocycles. The summed E-state index contributed by atoms with van der Waals surface area (Å²) in [5.74, 6) is -0.552. The van der Waals surface area contributed by atoms with E-state index in [4.69, 9.17) is 0 Å². The molecule has 2 amide bonds. The number of carbonyl (C=O) groups excluding carboxylic acids is 2. The normalized spacial score (nSPS) is 15.4. The summed E-state index contributed by atoms with van der Waals surface area (Å²) in [4.78, 5) is 29.7. The van der Waals surface area contributed by atoms with E-state index in [1.807, 2.05) is 35.2 Å². The summed E-state index contributed by atoms with van der Waals surface area (Å²) in [6.45, 7) is 3.05. The summed E-state index contributed by atoms with van der Waals surface area (Å²) in [5, 5.41) is 0. The molecule has 4 nitrogen and oxygen atoms in total. The van der Waals surface area contributed by atoms with Gasteiger partial charge in [-0.1, -0.05) is 31.2 Å². The lowest BCUT2D eigenvalue weighted by Crippen LogP contribution is -2.48. The zero-order chi connectivity index (χ0) is 23.1. The molecule has 0 spiro atoms. The molecule has 2 aromatic rings. The van der Waals surface area contributed by atoms with E-state index in [0.717, 1.165) is 23.8 Å². The summed E-state index contributed by atoms with van der Waals surface area (Å²) in [6, 6.07) is 13.2. The van der Waals surface area contributed by atoms with E-state index < -0.39 is 11.6 Å². The number of hydrogen-bond donors (Lipinski definition) is 0. The number of halogens is 2. The second kappa shape index (κ2) is 11.5. The minimum atomic E-state index is -0.610. The molecule has 0 bridgehead atoms. The highest BCUT2D eigenvalue weighted by atomic mass is 32.2. The average molecular weight is 461 g/mol. The Labute approximate surface area is 193 Å². The number of carbonyl (C=O) groups is 2. The third-order valence-corrected chi connectivity index (χ3v) is 7.18. The number of benzene rings is 2. The molecule has 3 rings (SSSR count). The largest absolute Gasteiger partial charge is 0.342 e. The number of likely N-dealkylation sites (N-methyl/N-ethyl adjacent to an activating group) is 1. The van der Waals surface area contributed by atoms with Crippen LogP contribution in [0, 0.1) is 17.6 Å². The maximum absolute atomic E-state index is 14.3. The van der Waals surface area contributed by atoms with Crippen molar-refractivity contribution < 1.29 is 18.4 Å². The molecular weight excluding hydrogens is 430 g/mol. The molecule has 32 heavy (non-hydrogen) atoms. The molecule has 0 N–H and O–H groups in total. The molecule has 0 radical (unpaired) electrons. The predicted molar refractivity (Wildman–Crippen MR) is 123 cm³/mol. The molecule has 1 saturated heterocycles. The Kier molecular flexibility index (Phi) is 8.67. The zero-order valence-electron chi connectivity index (χ0n) is 18.6. The summed E-state index contributed by atoms with van der Waals surface area (Å²) in [6.07, 6.45) is 2.19. The summed E-state index contributed by atoms with van der Waals surface area (Å²) >= 11 is 1.53. The number of rotatable bonds is 8. The molecule has 0 aliphatic carbocycles. The van der Waals surface area contributed by atoms with Crippen molar-refractivity contribution in [2.24, 2.45) is 5.92 Å². The van der Waals surface area contributed by atoms with E-state index in [2.05, 4.69) is 0 Å². The Morgan fingerprint density at radius 3 is 2.44 bits per heavy atom. The van der Waals surface area contributed by atoms with Gasteiger partial charge < -0.3 is 9.80 Å². The first kappa shape index (κ1) is 24.2. The quantitative estimate of drug-likeness (QED) is 0.533. The second-order valence-electron chi connectivity index (χ2n) is 8.19. The average Bonchev–Trinajstić information content (AvgIpc) is 2.82. The Bertz CT molecular complexity index is 917. The van der Waals surface area contributed by atoms with Gasteiger partial charge in [0.1, 0.15) is 11.6 Å². The van der Waals surface area contributed by atoms with E-state index >= 15 is 0 Å². The first-order valence-corrected chi connectivity index (χ1v) is 12.0. The fraction of sp³-hybridized carbons (Fsp3) is 0.440. The molecule has 1 aliphatic heterocycles. The Hall–Kier alpha value is -2.41. The molecular formula is C25H30F2N2O2S. The van der Waals surface area contributed by atoms with Crippen molar-refractivity contribution in [2.75, 3.05) is 25.9 Å². The molecule has 1 heterocycles. The van der Waals surface area contributed by atoms with Crippen molar-refractivity contribution in [1.82, 2.24) is 9.80 Å². The Balaban J connectivity index is 1.62. The van der Waals surface area contributed by atoms with Gasteiger partial charge in [0.15, 0.2) is 0 Å². The highest BCUT2D eigenvalue weighted by molar-refractivity contribution is 8.00. The van der Waals surface area contributed by atoms with Gasteiger partial charge in [0.25, 0.3) is 0 Å². The van der Waals surface area contributed by atoms with Crippen molar-refractivity contribution in [2.45, 2.75) is 43.5 Å². The van der Waals surface area contributed by atoms with Crippen molar-refractivity contribution in [3.05, 3.63) is 65.7 Å². The van der Waals surface area contributed by atoms with E-state index in [9.17, 15) is 18.4 Å². The van der Waals surface area contributed by atoms with Crippen molar-refractivity contribution in [1.29, 1.82) is 0 Å². The van der Waals surface area contributed by atoms with Crippen LogP contribution < -0.4 is 0 Å². The lowest BCUT2D eigenvalue weighted by atomic mass is 9.84. The highest BCUT2D eigenvalue weighted by Crippen LogP contribution is 2.28.